The molecule has 1 aromatic carbocycles. The Hall–Kier alpha value is -3.20. The van der Waals surface area contributed by atoms with Gasteiger partial charge >= 0.3 is 24.1 Å². The summed E-state index contributed by atoms with van der Waals surface area (Å²) < 4.78 is 30.9. The van der Waals surface area contributed by atoms with Gasteiger partial charge in [0.25, 0.3) is 0 Å². The van der Waals surface area contributed by atoms with Crippen LogP contribution in [0.5, 0.6) is 0 Å². The van der Waals surface area contributed by atoms with Crippen LogP contribution in [0.3, 0.4) is 0 Å². The second-order valence-corrected chi connectivity index (χ2v) is 18.7. The van der Waals surface area contributed by atoms with Crippen LogP contribution in [0, 0.1) is 0 Å². The molecule has 0 aliphatic heterocycles. The molecule has 0 atom stereocenters. The standard InChI is InChI=1S/C32H52N2O10S2/c1-7-29(35)41-19-15-33-31(37)43-23-21-39-17-9-25-45(3,4)27-11-13-28(14-12-27)46(5,6)26-10-18-40-22-24-44-32(38)34-16-20-42-30(36)8-2/h7-8,11-14H,1-2,9-10,15-26H2,3-6H3,(H,33,37)(H,34,38). The van der Waals surface area contributed by atoms with Gasteiger partial charge in [-0.3, -0.25) is 0 Å². The van der Waals surface area contributed by atoms with Gasteiger partial charge in [-0.2, -0.15) is 0 Å². The van der Waals surface area contributed by atoms with E-state index >= 15 is 0 Å². The minimum atomic E-state index is -0.989. The fraction of sp³-hybridized carbons (Fsp3) is 0.562. The molecular formula is C32H52N2O10S2. The van der Waals surface area contributed by atoms with Gasteiger partial charge in [0.1, 0.15) is 26.4 Å². The number of rotatable bonds is 24. The van der Waals surface area contributed by atoms with E-state index in [9.17, 15) is 19.2 Å². The van der Waals surface area contributed by atoms with Crippen LogP contribution in [0.25, 0.3) is 0 Å². The van der Waals surface area contributed by atoms with Gasteiger partial charge in [-0.05, 0) is 83.4 Å². The highest BCUT2D eigenvalue weighted by atomic mass is 32.3. The molecule has 2 N–H and O–H groups in total. The molecule has 262 valence electrons. The van der Waals surface area contributed by atoms with Crippen LogP contribution in [0.4, 0.5) is 9.59 Å². The third-order valence-electron chi connectivity index (χ3n) is 6.47. The molecule has 0 spiro atoms. The Labute approximate surface area is 276 Å². The maximum absolute atomic E-state index is 11.6. The number of alkyl carbamates (subject to hydrolysis) is 2. The van der Waals surface area contributed by atoms with Crippen LogP contribution in [0.1, 0.15) is 12.8 Å². The van der Waals surface area contributed by atoms with E-state index in [1.165, 1.54) is 9.79 Å². The van der Waals surface area contributed by atoms with E-state index in [0.717, 1.165) is 36.5 Å². The van der Waals surface area contributed by atoms with Crippen LogP contribution in [-0.2, 0) is 38.0 Å². The number of amides is 2. The van der Waals surface area contributed by atoms with E-state index in [-0.39, 0.29) is 39.5 Å². The van der Waals surface area contributed by atoms with E-state index in [1.807, 2.05) is 0 Å². The van der Waals surface area contributed by atoms with Crippen LogP contribution >= 0.6 is 20.1 Å². The van der Waals surface area contributed by atoms with E-state index in [4.69, 9.17) is 28.4 Å². The number of nitrogens with one attached hydrogen (secondary N) is 2. The first-order chi connectivity index (χ1) is 21.9. The number of ether oxygens (including phenoxy) is 6. The Balaban J connectivity index is 2.21. The second-order valence-electron chi connectivity index (χ2n) is 10.8. The van der Waals surface area contributed by atoms with E-state index in [0.29, 0.717) is 26.4 Å². The first kappa shape index (κ1) is 40.8. The van der Waals surface area contributed by atoms with Crippen molar-refractivity contribution in [3.63, 3.8) is 0 Å². The molecule has 0 fully saturated rings. The lowest BCUT2D eigenvalue weighted by molar-refractivity contribution is -0.138. The highest BCUT2D eigenvalue weighted by Gasteiger charge is 2.18. The zero-order valence-electron chi connectivity index (χ0n) is 27.7. The fourth-order valence-corrected chi connectivity index (χ4v) is 7.77. The summed E-state index contributed by atoms with van der Waals surface area (Å²) in [4.78, 5) is 47.8. The molecule has 0 heterocycles. The summed E-state index contributed by atoms with van der Waals surface area (Å²) in [5.74, 6) is 0.976. The molecule has 0 aliphatic carbocycles. The van der Waals surface area contributed by atoms with Gasteiger partial charge in [0.2, 0.25) is 0 Å². The predicted octanol–water partition coefficient (Wildman–Crippen LogP) is 4.26. The molecule has 0 saturated carbocycles. The Morgan fingerprint density at radius 3 is 1.30 bits per heavy atom. The van der Waals surface area contributed by atoms with Crippen molar-refractivity contribution in [1.29, 1.82) is 0 Å². The third-order valence-corrected chi connectivity index (χ3v) is 12.2. The molecule has 0 bridgehead atoms. The lowest BCUT2D eigenvalue weighted by Crippen LogP contribution is -2.29. The summed E-state index contributed by atoms with van der Waals surface area (Å²) in [5.41, 5.74) is 0. The summed E-state index contributed by atoms with van der Waals surface area (Å²) >= 11 is 0. The van der Waals surface area contributed by atoms with Gasteiger partial charge < -0.3 is 39.1 Å². The molecule has 12 nitrogen and oxygen atoms in total. The normalized spacial score (nSPS) is 11.9. The van der Waals surface area contributed by atoms with Crippen molar-refractivity contribution in [3.8, 4) is 0 Å². The molecule has 0 aromatic heterocycles. The molecule has 0 aliphatic rings. The highest BCUT2D eigenvalue weighted by molar-refractivity contribution is 8.33. The lowest BCUT2D eigenvalue weighted by Gasteiger charge is -2.35. The van der Waals surface area contributed by atoms with Gasteiger partial charge in [-0.25, -0.2) is 39.2 Å². The second kappa shape index (κ2) is 23.2. The number of benzene rings is 1. The van der Waals surface area contributed by atoms with E-state index < -0.39 is 44.2 Å². The lowest BCUT2D eigenvalue weighted by atomic mass is 10.4. The predicted molar refractivity (Wildman–Crippen MR) is 183 cm³/mol. The highest BCUT2D eigenvalue weighted by Crippen LogP contribution is 2.53. The summed E-state index contributed by atoms with van der Waals surface area (Å²) in [6, 6.07) is 9.03. The number of esters is 2. The Kier molecular flexibility index (Phi) is 20.6. The number of hydrogen-bond acceptors (Lipinski definition) is 10. The maximum Gasteiger partial charge on any atom is 0.407 e. The van der Waals surface area contributed by atoms with Crippen molar-refractivity contribution >= 4 is 44.2 Å². The molecule has 0 unspecified atom stereocenters. The Bertz CT molecular complexity index is 1010. The molecule has 1 aromatic rings. The minimum absolute atomic E-state index is 0.0514. The molecule has 0 saturated heterocycles. The van der Waals surface area contributed by atoms with Gasteiger partial charge in [0.05, 0.1) is 26.3 Å². The molecular weight excluding hydrogens is 636 g/mol. The van der Waals surface area contributed by atoms with Crippen molar-refractivity contribution in [2.24, 2.45) is 0 Å². The van der Waals surface area contributed by atoms with Crippen molar-refractivity contribution < 1.29 is 47.6 Å². The molecule has 2 amide bonds. The Morgan fingerprint density at radius 2 is 0.957 bits per heavy atom. The smallest absolute Gasteiger partial charge is 0.407 e. The van der Waals surface area contributed by atoms with E-state index in [1.54, 1.807) is 0 Å². The quantitative estimate of drug-likeness (QED) is 0.0699. The molecule has 14 heteroatoms. The molecule has 0 radical (unpaired) electrons. The SMILES string of the molecule is C=CC(=O)OCCNC(=O)OCCOCCCS(C)(C)c1ccc(S(C)(C)CCCOCCOC(=O)NCCOC(=O)C=C)cc1. The van der Waals surface area contributed by atoms with Crippen LogP contribution < -0.4 is 10.6 Å². The van der Waals surface area contributed by atoms with E-state index in [2.05, 4.69) is 73.1 Å². The van der Waals surface area contributed by atoms with Crippen molar-refractivity contribution in [3.05, 3.63) is 49.6 Å². The Morgan fingerprint density at radius 1 is 0.587 bits per heavy atom. The first-order valence-corrected chi connectivity index (χ1v) is 20.2. The van der Waals surface area contributed by atoms with Crippen molar-refractivity contribution in [1.82, 2.24) is 10.6 Å². The van der Waals surface area contributed by atoms with Crippen molar-refractivity contribution in [2.45, 2.75) is 22.6 Å². The number of carbonyl (C=O) groups is 4. The largest absolute Gasteiger partial charge is 0.461 e. The number of hydrogen-bond donors (Lipinski definition) is 2. The van der Waals surface area contributed by atoms with Crippen molar-refractivity contribution in [2.75, 3.05) is 102 Å². The van der Waals surface area contributed by atoms with Gasteiger partial charge in [-0.15, -0.1) is 0 Å². The summed E-state index contributed by atoms with van der Waals surface area (Å²) in [6.45, 7) is 9.11. The fourth-order valence-electron chi connectivity index (χ4n) is 3.88. The minimum Gasteiger partial charge on any atom is -0.461 e. The zero-order valence-corrected chi connectivity index (χ0v) is 29.3. The third kappa shape index (κ3) is 18.7. The van der Waals surface area contributed by atoms with Gasteiger partial charge in [0, 0.05) is 25.4 Å². The topological polar surface area (TPSA) is 148 Å². The monoisotopic (exact) mass is 688 g/mol. The zero-order chi connectivity index (χ0) is 34.3. The summed E-state index contributed by atoms with van der Waals surface area (Å²) in [6.07, 6.45) is 12.0. The van der Waals surface area contributed by atoms with Crippen LogP contribution in [0.15, 0.2) is 59.4 Å². The van der Waals surface area contributed by atoms with Gasteiger partial charge in [-0.1, -0.05) is 13.2 Å². The molecule has 1 rings (SSSR count). The van der Waals surface area contributed by atoms with Crippen LogP contribution in [0.2, 0.25) is 0 Å². The average molecular weight is 689 g/mol. The summed E-state index contributed by atoms with van der Waals surface area (Å²) in [5, 5.41) is 4.98. The summed E-state index contributed by atoms with van der Waals surface area (Å²) in [7, 11) is -1.98. The first-order valence-electron chi connectivity index (χ1n) is 15.0. The number of carbonyl (C=O) groups excluding carboxylic acids is 4. The van der Waals surface area contributed by atoms with Crippen LogP contribution in [-0.4, -0.2) is 127 Å². The maximum atomic E-state index is 11.6. The molecule has 46 heavy (non-hydrogen) atoms. The average Bonchev–Trinajstić information content (AvgIpc) is 3.03. The van der Waals surface area contributed by atoms with Gasteiger partial charge in [0.15, 0.2) is 0 Å².